The molecule has 0 aliphatic carbocycles. The standard InChI is InChI=1S/C13H17N/c1-4-5-13(10-14-3)12-8-6-11(2)7-9-12/h5-10H,4H2,1-3H3/b13-5+,14-10?. The number of hydrogen-bond acceptors (Lipinski definition) is 1. The summed E-state index contributed by atoms with van der Waals surface area (Å²) in [6.07, 6.45) is 5.14. The lowest BCUT2D eigenvalue weighted by atomic mass is 10.0. The number of benzene rings is 1. The van der Waals surface area contributed by atoms with E-state index in [-0.39, 0.29) is 0 Å². The van der Waals surface area contributed by atoms with E-state index in [0.717, 1.165) is 6.42 Å². The van der Waals surface area contributed by atoms with Crippen LogP contribution in [-0.4, -0.2) is 13.3 Å². The van der Waals surface area contributed by atoms with Crippen LogP contribution in [0.25, 0.3) is 5.57 Å². The number of aryl methyl sites for hydroxylation is 1. The van der Waals surface area contributed by atoms with Crippen LogP contribution < -0.4 is 0 Å². The molecule has 0 aliphatic rings. The van der Waals surface area contributed by atoms with Gasteiger partial charge in [-0.25, -0.2) is 0 Å². The van der Waals surface area contributed by atoms with Gasteiger partial charge in [0.25, 0.3) is 0 Å². The van der Waals surface area contributed by atoms with Crippen molar-refractivity contribution in [2.45, 2.75) is 20.3 Å². The van der Waals surface area contributed by atoms with Crippen LogP contribution in [0.5, 0.6) is 0 Å². The van der Waals surface area contributed by atoms with E-state index in [1.807, 2.05) is 6.21 Å². The van der Waals surface area contributed by atoms with E-state index in [4.69, 9.17) is 0 Å². The normalized spacial score (nSPS) is 12.4. The molecule has 0 spiro atoms. The Labute approximate surface area is 86.2 Å². The number of hydrogen-bond donors (Lipinski definition) is 0. The van der Waals surface area contributed by atoms with Crippen LogP contribution in [-0.2, 0) is 0 Å². The SMILES string of the molecule is CC/C=C(\C=NC)c1ccc(C)cc1. The quantitative estimate of drug-likeness (QED) is 0.642. The Morgan fingerprint density at radius 2 is 1.93 bits per heavy atom. The number of nitrogens with zero attached hydrogens (tertiary/aromatic N) is 1. The van der Waals surface area contributed by atoms with Crippen LogP contribution in [0.4, 0.5) is 0 Å². The molecule has 1 rings (SSSR count). The third-order valence-electron chi connectivity index (χ3n) is 2.08. The summed E-state index contributed by atoms with van der Waals surface area (Å²) >= 11 is 0. The van der Waals surface area contributed by atoms with E-state index >= 15 is 0 Å². The van der Waals surface area contributed by atoms with Crippen LogP contribution in [0.1, 0.15) is 24.5 Å². The van der Waals surface area contributed by atoms with Crippen LogP contribution in [0, 0.1) is 6.92 Å². The van der Waals surface area contributed by atoms with Crippen molar-refractivity contribution in [3.8, 4) is 0 Å². The highest BCUT2D eigenvalue weighted by atomic mass is 14.6. The van der Waals surface area contributed by atoms with E-state index in [1.165, 1.54) is 16.7 Å². The fourth-order valence-electron chi connectivity index (χ4n) is 1.35. The molecule has 14 heavy (non-hydrogen) atoms. The molecule has 1 nitrogen and oxygen atoms in total. The van der Waals surface area contributed by atoms with Gasteiger partial charge in [-0.1, -0.05) is 42.8 Å². The van der Waals surface area contributed by atoms with E-state index in [0.29, 0.717) is 0 Å². The van der Waals surface area contributed by atoms with Crippen molar-refractivity contribution in [1.82, 2.24) is 0 Å². The maximum atomic E-state index is 4.06. The Bertz CT molecular complexity index is 331. The monoisotopic (exact) mass is 187 g/mol. The second kappa shape index (κ2) is 5.38. The molecule has 1 aromatic rings. The molecule has 74 valence electrons. The first-order valence-electron chi connectivity index (χ1n) is 4.97. The zero-order valence-corrected chi connectivity index (χ0v) is 9.12. The molecule has 0 fully saturated rings. The number of rotatable bonds is 3. The molecular weight excluding hydrogens is 170 g/mol. The highest BCUT2D eigenvalue weighted by Gasteiger charge is 1.96. The number of aliphatic imine (C=N–C) groups is 1. The summed E-state index contributed by atoms with van der Waals surface area (Å²) in [6.45, 7) is 4.23. The van der Waals surface area contributed by atoms with Crippen molar-refractivity contribution in [3.05, 3.63) is 41.5 Å². The van der Waals surface area contributed by atoms with Gasteiger partial charge >= 0.3 is 0 Å². The van der Waals surface area contributed by atoms with Crippen LogP contribution in [0.15, 0.2) is 35.3 Å². The average molecular weight is 187 g/mol. The van der Waals surface area contributed by atoms with Crippen molar-refractivity contribution in [2.24, 2.45) is 4.99 Å². The van der Waals surface area contributed by atoms with Gasteiger partial charge in [-0.3, -0.25) is 4.99 Å². The molecule has 0 aliphatic heterocycles. The summed E-state index contributed by atoms with van der Waals surface area (Å²) in [7, 11) is 1.80. The largest absolute Gasteiger partial charge is 0.296 e. The fourth-order valence-corrected chi connectivity index (χ4v) is 1.35. The highest BCUT2D eigenvalue weighted by molar-refractivity contribution is 6.09. The van der Waals surface area contributed by atoms with Gasteiger partial charge in [0, 0.05) is 13.3 Å². The summed E-state index contributed by atoms with van der Waals surface area (Å²) in [5.74, 6) is 0. The highest BCUT2D eigenvalue weighted by Crippen LogP contribution is 2.13. The van der Waals surface area contributed by atoms with E-state index in [2.05, 4.69) is 49.2 Å². The number of allylic oxidation sites excluding steroid dienone is 2. The van der Waals surface area contributed by atoms with Crippen molar-refractivity contribution >= 4 is 11.8 Å². The summed E-state index contributed by atoms with van der Waals surface area (Å²) in [5, 5.41) is 0. The zero-order valence-electron chi connectivity index (χ0n) is 9.12. The Morgan fingerprint density at radius 3 is 2.43 bits per heavy atom. The molecule has 0 amide bonds. The van der Waals surface area contributed by atoms with Gasteiger partial charge in [0.05, 0.1) is 0 Å². The second-order valence-corrected chi connectivity index (χ2v) is 3.32. The van der Waals surface area contributed by atoms with Gasteiger partial charge < -0.3 is 0 Å². The molecule has 0 saturated carbocycles. The molecule has 0 N–H and O–H groups in total. The first-order chi connectivity index (χ1) is 6.77. The summed E-state index contributed by atoms with van der Waals surface area (Å²) in [4.78, 5) is 4.06. The molecule has 1 aromatic carbocycles. The van der Waals surface area contributed by atoms with Crippen LogP contribution in [0.2, 0.25) is 0 Å². The Morgan fingerprint density at radius 1 is 1.29 bits per heavy atom. The predicted molar refractivity (Wildman–Crippen MR) is 63.9 cm³/mol. The lowest BCUT2D eigenvalue weighted by Gasteiger charge is -2.02. The summed E-state index contributed by atoms with van der Waals surface area (Å²) in [6, 6.07) is 8.53. The topological polar surface area (TPSA) is 12.4 Å². The van der Waals surface area contributed by atoms with Gasteiger partial charge in [-0.15, -0.1) is 0 Å². The van der Waals surface area contributed by atoms with Crippen LogP contribution >= 0.6 is 0 Å². The molecule has 1 heteroatoms. The molecule has 0 radical (unpaired) electrons. The van der Waals surface area contributed by atoms with Crippen molar-refractivity contribution < 1.29 is 0 Å². The van der Waals surface area contributed by atoms with Gasteiger partial charge in [0.1, 0.15) is 0 Å². The van der Waals surface area contributed by atoms with Gasteiger partial charge in [0.15, 0.2) is 0 Å². The Balaban J connectivity index is 3.00. The van der Waals surface area contributed by atoms with Gasteiger partial charge in [-0.05, 0) is 24.5 Å². The minimum absolute atomic E-state index is 1.04. The summed E-state index contributed by atoms with van der Waals surface area (Å²) < 4.78 is 0. The van der Waals surface area contributed by atoms with Gasteiger partial charge in [-0.2, -0.15) is 0 Å². The van der Waals surface area contributed by atoms with E-state index < -0.39 is 0 Å². The third kappa shape index (κ3) is 2.84. The maximum absolute atomic E-state index is 4.06. The first-order valence-corrected chi connectivity index (χ1v) is 4.97. The first kappa shape index (κ1) is 10.7. The van der Waals surface area contributed by atoms with E-state index in [9.17, 15) is 0 Å². The van der Waals surface area contributed by atoms with Crippen molar-refractivity contribution in [2.75, 3.05) is 7.05 Å². The van der Waals surface area contributed by atoms with Crippen molar-refractivity contribution in [1.29, 1.82) is 0 Å². The van der Waals surface area contributed by atoms with Crippen molar-refractivity contribution in [3.63, 3.8) is 0 Å². The minimum atomic E-state index is 1.04. The lowest BCUT2D eigenvalue weighted by Crippen LogP contribution is -1.86. The second-order valence-electron chi connectivity index (χ2n) is 3.32. The zero-order chi connectivity index (χ0) is 10.4. The molecule has 0 bridgehead atoms. The van der Waals surface area contributed by atoms with Crippen LogP contribution in [0.3, 0.4) is 0 Å². The molecule has 0 heterocycles. The molecule has 0 atom stereocenters. The third-order valence-corrected chi connectivity index (χ3v) is 2.08. The Hall–Kier alpha value is -1.37. The molecule has 0 aromatic heterocycles. The lowest BCUT2D eigenvalue weighted by molar-refractivity contribution is 1.23. The minimum Gasteiger partial charge on any atom is -0.296 e. The van der Waals surface area contributed by atoms with E-state index in [1.54, 1.807) is 7.05 Å². The molecule has 0 saturated heterocycles. The summed E-state index contributed by atoms with van der Waals surface area (Å²) in [5.41, 5.74) is 3.73. The fraction of sp³-hybridized carbons (Fsp3) is 0.308. The smallest absolute Gasteiger partial charge is 0.0284 e. The molecular formula is C13H17N. The molecule has 0 unspecified atom stereocenters. The van der Waals surface area contributed by atoms with Gasteiger partial charge in [0.2, 0.25) is 0 Å². The predicted octanol–water partition coefficient (Wildman–Crippen LogP) is 3.49. The Kier molecular flexibility index (Phi) is 4.11. The average Bonchev–Trinajstić information content (AvgIpc) is 2.19. The maximum Gasteiger partial charge on any atom is 0.0284 e.